The number of likely N-dealkylation sites (N-methyl/N-ethyl adjacent to an activating group) is 2. The smallest absolute Gasteiger partial charge is 1.00 e. The molecule has 0 fully saturated rings. The van der Waals surface area contributed by atoms with E-state index in [1.807, 2.05) is 0 Å². The molecule has 0 saturated heterocycles. The monoisotopic (exact) mass is 230 g/mol. The molecule has 0 saturated carbocycles. The van der Waals surface area contributed by atoms with Crippen LogP contribution in [-0.4, -0.2) is 59.4 Å². The van der Waals surface area contributed by atoms with Crippen LogP contribution >= 0.6 is 0 Å². The first-order chi connectivity index (χ1) is 4.25. The van der Waals surface area contributed by atoms with Crippen molar-refractivity contribution in [2.24, 2.45) is 0 Å². The Kier molecular flexibility index (Phi) is 26.5. The Morgan fingerprint density at radius 2 is 1.64 bits per heavy atom. The molecule has 0 amide bonds. The average molecular weight is 230 g/mol. The van der Waals surface area contributed by atoms with Crippen LogP contribution in [0.25, 0.3) is 0 Å². The number of halogens is 4. The molecule has 0 atom stereocenters. The van der Waals surface area contributed by atoms with Gasteiger partial charge in [0, 0.05) is 6.92 Å². The Hall–Kier alpha value is -0.278. The zero-order valence-electron chi connectivity index (χ0n) is 8.60. The third-order valence-corrected chi connectivity index (χ3v) is 2.10. The van der Waals surface area contributed by atoms with Crippen LogP contribution in [0.5, 0.6) is 0 Å². The van der Waals surface area contributed by atoms with Crippen molar-refractivity contribution in [2.75, 3.05) is 26.7 Å². The van der Waals surface area contributed by atoms with E-state index < -0.39 is 0 Å². The van der Waals surface area contributed by atoms with Crippen LogP contribution in [0.1, 0.15) is 13.8 Å². The van der Waals surface area contributed by atoms with Crippen molar-refractivity contribution >= 4 is 23.2 Å². The first-order valence-electron chi connectivity index (χ1n) is 3.55. The van der Waals surface area contributed by atoms with Crippen molar-refractivity contribution < 1.29 is 23.4 Å². The summed E-state index contributed by atoms with van der Waals surface area (Å²) in [4.78, 5) is 2.39. The van der Waals surface area contributed by atoms with Gasteiger partial charge in [-0.05, 0) is 6.92 Å². The SMILES string of the molecule is CCN1CC[N+](C)=C1C.[Al+3].[F-].[F-].[F-].[F-]. The van der Waals surface area contributed by atoms with Crippen LogP contribution in [0.3, 0.4) is 0 Å². The predicted octanol–water partition coefficient (Wildman–Crippen LogP) is -12.0. The zero-order chi connectivity index (χ0) is 6.85. The topological polar surface area (TPSA) is 6.25 Å². The second kappa shape index (κ2) is 12.7. The second-order valence-electron chi connectivity index (χ2n) is 2.55. The summed E-state index contributed by atoms with van der Waals surface area (Å²) in [6, 6.07) is 0. The Morgan fingerprint density at radius 3 is 1.79 bits per heavy atom. The van der Waals surface area contributed by atoms with E-state index >= 15 is 0 Å². The van der Waals surface area contributed by atoms with Gasteiger partial charge in [0.25, 0.3) is 0 Å². The molecule has 7 heteroatoms. The maximum Gasteiger partial charge on any atom is 3.00 e. The van der Waals surface area contributed by atoms with Gasteiger partial charge in [0.05, 0.1) is 13.6 Å². The molecular formula is C7H15AlF4N2. The summed E-state index contributed by atoms with van der Waals surface area (Å²) >= 11 is 0. The van der Waals surface area contributed by atoms with E-state index in [4.69, 9.17) is 0 Å². The molecule has 0 unspecified atom stereocenters. The molecule has 1 heterocycles. The maximum absolute atomic E-state index is 2.39. The molecule has 0 aromatic heterocycles. The standard InChI is InChI=1S/C7H15N2.Al.4FH/c1-4-9-6-5-8(3)7(9)2;;;;;/h4-6H2,1-3H3;;4*1H/q+1;+3;;;;/p-4. The number of nitrogens with zero attached hydrogens (tertiary/aromatic N) is 2. The van der Waals surface area contributed by atoms with Crippen LogP contribution in [0.15, 0.2) is 0 Å². The fourth-order valence-electron chi connectivity index (χ4n) is 1.22. The van der Waals surface area contributed by atoms with Crippen molar-refractivity contribution in [1.82, 2.24) is 4.90 Å². The van der Waals surface area contributed by atoms with Crippen molar-refractivity contribution in [3.05, 3.63) is 0 Å². The third kappa shape index (κ3) is 6.22. The summed E-state index contributed by atoms with van der Waals surface area (Å²) in [5, 5.41) is 0. The summed E-state index contributed by atoms with van der Waals surface area (Å²) in [5.41, 5.74) is 0. The fourth-order valence-corrected chi connectivity index (χ4v) is 1.22. The Balaban J connectivity index is -0.0000000540. The van der Waals surface area contributed by atoms with E-state index in [0.717, 1.165) is 6.54 Å². The summed E-state index contributed by atoms with van der Waals surface area (Å²) in [6.07, 6.45) is 0. The number of hydrogen-bond acceptors (Lipinski definition) is 1. The molecule has 0 aromatic rings. The summed E-state index contributed by atoms with van der Waals surface area (Å²) in [5.74, 6) is 1.41. The van der Waals surface area contributed by atoms with Crippen LogP contribution in [0, 0.1) is 0 Å². The molecule has 2 nitrogen and oxygen atoms in total. The summed E-state index contributed by atoms with van der Waals surface area (Å²) in [7, 11) is 2.14. The Morgan fingerprint density at radius 1 is 1.21 bits per heavy atom. The minimum Gasteiger partial charge on any atom is -1.00 e. The largest absolute Gasteiger partial charge is 3.00 e. The summed E-state index contributed by atoms with van der Waals surface area (Å²) in [6.45, 7) is 7.92. The molecule has 0 aromatic carbocycles. The van der Waals surface area contributed by atoms with Crippen LogP contribution < -0.4 is 18.8 Å². The van der Waals surface area contributed by atoms with Crippen LogP contribution in [0.4, 0.5) is 0 Å². The maximum atomic E-state index is 2.39. The molecule has 14 heavy (non-hydrogen) atoms. The van der Waals surface area contributed by atoms with Gasteiger partial charge < -0.3 is 18.8 Å². The molecule has 0 aliphatic carbocycles. The molecule has 0 spiro atoms. The van der Waals surface area contributed by atoms with Gasteiger partial charge in [0.1, 0.15) is 13.1 Å². The molecule has 1 rings (SSSR count). The van der Waals surface area contributed by atoms with Gasteiger partial charge in [0.15, 0.2) is 0 Å². The number of amidine groups is 1. The molecular weight excluding hydrogens is 215 g/mol. The van der Waals surface area contributed by atoms with E-state index in [9.17, 15) is 0 Å². The molecule has 0 N–H and O–H groups in total. The Bertz CT molecular complexity index is 155. The van der Waals surface area contributed by atoms with Crippen molar-refractivity contribution in [1.29, 1.82) is 0 Å². The number of rotatable bonds is 1. The molecule has 0 bridgehead atoms. The van der Waals surface area contributed by atoms with Gasteiger partial charge in [-0.15, -0.1) is 0 Å². The molecule has 1 aliphatic heterocycles. The normalized spacial score (nSPS) is 12.6. The van der Waals surface area contributed by atoms with Crippen LogP contribution in [-0.2, 0) is 0 Å². The summed E-state index contributed by atoms with van der Waals surface area (Å²) < 4.78 is 2.30. The predicted molar refractivity (Wildman–Crippen MR) is 44.7 cm³/mol. The quantitative estimate of drug-likeness (QED) is 0.246. The van der Waals surface area contributed by atoms with Gasteiger partial charge in [-0.3, -0.25) is 9.48 Å². The van der Waals surface area contributed by atoms with Crippen molar-refractivity contribution in [3.63, 3.8) is 0 Å². The van der Waals surface area contributed by atoms with Crippen molar-refractivity contribution in [2.45, 2.75) is 13.8 Å². The van der Waals surface area contributed by atoms with Gasteiger partial charge in [-0.25, -0.2) is 0 Å². The van der Waals surface area contributed by atoms with E-state index in [1.165, 1.54) is 18.9 Å². The first-order valence-corrected chi connectivity index (χ1v) is 3.55. The number of hydrogen-bond donors (Lipinski definition) is 0. The van der Waals surface area contributed by atoms with E-state index in [2.05, 4.69) is 30.4 Å². The fraction of sp³-hybridized carbons (Fsp3) is 0.857. The van der Waals surface area contributed by atoms with Gasteiger partial charge >= 0.3 is 17.4 Å². The Labute approximate surface area is 92.6 Å². The van der Waals surface area contributed by atoms with E-state index in [0.29, 0.717) is 0 Å². The van der Waals surface area contributed by atoms with Crippen LogP contribution in [0.2, 0.25) is 0 Å². The first kappa shape index (κ1) is 29.2. The average Bonchev–Trinajstić information content (AvgIpc) is 2.15. The minimum absolute atomic E-state index is 0. The third-order valence-electron chi connectivity index (χ3n) is 2.10. The van der Waals surface area contributed by atoms with Gasteiger partial charge in [-0.2, -0.15) is 0 Å². The van der Waals surface area contributed by atoms with Gasteiger partial charge in [-0.1, -0.05) is 0 Å². The zero-order valence-corrected chi connectivity index (χ0v) is 9.76. The molecule has 84 valence electrons. The molecule has 0 radical (unpaired) electrons. The van der Waals surface area contributed by atoms with Crippen molar-refractivity contribution in [3.8, 4) is 0 Å². The second-order valence-corrected chi connectivity index (χ2v) is 2.55. The van der Waals surface area contributed by atoms with E-state index in [1.54, 1.807) is 0 Å². The van der Waals surface area contributed by atoms with Gasteiger partial charge in [0.2, 0.25) is 5.84 Å². The van der Waals surface area contributed by atoms with E-state index in [-0.39, 0.29) is 36.2 Å². The minimum atomic E-state index is 0. The molecule has 1 aliphatic rings.